The van der Waals surface area contributed by atoms with Gasteiger partial charge >= 0.3 is 12.0 Å². The average Bonchev–Trinajstić information content (AvgIpc) is 3.25. The monoisotopic (exact) mass is 358 g/mol. The first-order valence-electron chi connectivity index (χ1n) is 7.95. The third-order valence-corrected chi connectivity index (χ3v) is 4.61. The molecule has 0 atom stereocenters. The van der Waals surface area contributed by atoms with Crippen molar-refractivity contribution in [1.29, 1.82) is 0 Å². The summed E-state index contributed by atoms with van der Waals surface area (Å²) >= 11 is 1.25. The Morgan fingerprint density at radius 3 is 2.56 bits per heavy atom. The smallest absolute Gasteiger partial charge is 0.349 e. The molecule has 25 heavy (non-hydrogen) atoms. The Morgan fingerprint density at radius 2 is 1.88 bits per heavy atom. The minimum absolute atomic E-state index is 0.151. The third-order valence-electron chi connectivity index (χ3n) is 3.71. The van der Waals surface area contributed by atoms with Crippen molar-refractivity contribution in [3.8, 4) is 11.1 Å². The molecule has 0 unspecified atom stereocenters. The highest BCUT2D eigenvalue weighted by Gasteiger charge is 2.24. The van der Waals surface area contributed by atoms with Gasteiger partial charge in [0.15, 0.2) is 6.61 Å². The van der Waals surface area contributed by atoms with E-state index in [-0.39, 0.29) is 6.04 Å². The van der Waals surface area contributed by atoms with Gasteiger partial charge in [-0.2, -0.15) is 0 Å². The molecular formula is C18H18N2O4S. The number of carbonyl (C=O) groups excluding carboxylic acids is 3. The number of thiophene rings is 1. The number of rotatable bonds is 5. The Kier molecular flexibility index (Phi) is 5.14. The lowest BCUT2D eigenvalue weighted by molar-refractivity contribution is -0.123. The molecule has 0 saturated heterocycles. The number of esters is 1. The standard InChI is InChI=1S/C18H18N2O4S/c1-11-2-4-12(5-3-11)14-8-9-25-16(14)17(22)24-10-15(21)20-18(23)19-13-6-7-13/h2-5,8-9,13H,6-7,10H2,1H3,(H2,19,20,21,23). The number of amides is 3. The predicted octanol–water partition coefficient (Wildman–Crippen LogP) is 2.87. The van der Waals surface area contributed by atoms with E-state index >= 15 is 0 Å². The van der Waals surface area contributed by atoms with E-state index in [4.69, 9.17) is 4.74 Å². The molecule has 3 rings (SSSR count). The Morgan fingerprint density at radius 1 is 1.16 bits per heavy atom. The first-order valence-corrected chi connectivity index (χ1v) is 8.83. The summed E-state index contributed by atoms with van der Waals surface area (Å²) < 4.78 is 5.04. The summed E-state index contributed by atoms with van der Waals surface area (Å²) in [6.07, 6.45) is 1.85. The highest BCUT2D eigenvalue weighted by Crippen LogP contribution is 2.29. The number of hydrogen-bond donors (Lipinski definition) is 2. The number of carbonyl (C=O) groups is 3. The van der Waals surface area contributed by atoms with Crippen LogP contribution in [0.25, 0.3) is 11.1 Å². The van der Waals surface area contributed by atoms with Crippen LogP contribution >= 0.6 is 11.3 Å². The van der Waals surface area contributed by atoms with Gasteiger partial charge in [-0.05, 0) is 36.8 Å². The van der Waals surface area contributed by atoms with E-state index in [1.165, 1.54) is 11.3 Å². The van der Waals surface area contributed by atoms with Crippen LogP contribution in [0.4, 0.5) is 4.79 Å². The highest BCUT2D eigenvalue weighted by molar-refractivity contribution is 7.12. The molecule has 2 N–H and O–H groups in total. The summed E-state index contributed by atoms with van der Waals surface area (Å²) in [7, 11) is 0. The second kappa shape index (κ2) is 7.48. The predicted molar refractivity (Wildman–Crippen MR) is 94.5 cm³/mol. The molecule has 0 aliphatic heterocycles. The van der Waals surface area contributed by atoms with E-state index in [2.05, 4.69) is 10.6 Å². The maximum atomic E-state index is 12.3. The minimum atomic E-state index is -0.653. The quantitative estimate of drug-likeness (QED) is 0.805. The largest absolute Gasteiger partial charge is 0.451 e. The highest BCUT2D eigenvalue weighted by atomic mass is 32.1. The number of benzene rings is 1. The number of aryl methyl sites for hydroxylation is 1. The molecule has 1 heterocycles. The van der Waals surface area contributed by atoms with E-state index in [9.17, 15) is 14.4 Å². The van der Waals surface area contributed by atoms with Gasteiger partial charge in [-0.1, -0.05) is 29.8 Å². The van der Waals surface area contributed by atoms with Crippen LogP contribution in [-0.4, -0.2) is 30.6 Å². The maximum absolute atomic E-state index is 12.3. The summed E-state index contributed by atoms with van der Waals surface area (Å²) in [6, 6.07) is 9.24. The van der Waals surface area contributed by atoms with Crippen molar-refractivity contribution >= 4 is 29.2 Å². The van der Waals surface area contributed by atoms with Crippen molar-refractivity contribution < 1.29 is 19.1 Å². The van der Waals surface area contributed by atoms with E-state index in [1.807, 2.05) is 37.3 Å². The maximum Gasteiger partial charge on any atom is 0.349 e. The van der Waals surface area contributed by atoms with Crippen LogP contribution in [0.5, 0.6) is 0 Å². The van der Waals surface area contributed by atoms with Crippen LogP contribution in [0.15, 0.2) is 35.7 Å². The molecule has 2 aromatic rings. The minimum Gasteiger partial charge on any atom is -0.451 e. The molecule has 1 aliphatic rings. The zero-order valence-electron chi connectivity index (χ0n) is 13.7. The van der Waals surface area contributed by atoms with E-state index < -0.39 is 24.5 Å². The summed E-state index contributed by atoms with van der Waals surface area (Å²) in [5.74, 6) is -1.23. The Balaban J connectivity index is 1.56. The fourth-order valence-corrected chi connectivity index (χ4v) is 3.04. The van der Waals surface area contributed by atoms with Crippen LogP contribution in [0.1, 0.15) is 28.1 Å². The lowest BCUT2D eigenvalue weighted by atomic mass is 10.1. The second-order valence-corrected chi connectivity index (χ2v) is 6.82. The lowest BCUT2D eigenvalue weighted by Gasteiger charge is -2.07. The molecule has 0 radical (unpaired) electrons. The topological polar surface area (TPSA) is 84.5 Å². The van der Waals surface area contributed by atoms with Crippen molar-refractivity contribution in [3.63, 3.8) is 0 Å². The van der Waals surface area contributed by atoms with Gasteiger partial charge in [-0.3, -0.25) is 10.1 Å². The second-order valence-electron chi connectivity index (χ2n) is 5.90. The number of urea groups is 1. The van der Waals surface area contributed by atoms with Gasteiger partial charge in [0.1, 0.15) is 4.88 Å². The molecule has 1 aliphatic carbocycles. The zero-order chi connectivity index (χ0) is 17.8. The van der Waals surface area contributed by atoms with Crippen LogP contribution < -0.4 is 10.6 Å². The summed E-state index contributed by atoms with van der Waals surface area (Å²) in [5, 5.41) is 6.57. The van der Waals surface area contributed by atoms with Crippen LogP contribution in [-0.2, 0) is 9.53 Å². The van der Waals surface area contributed by atoms with Crippen molar-refractivity contribution in [2.75, 3.05) is 6.61 Å². The van der Waals surface area contributed by atoms with E-state index in [0.717, 1.165) is 29.5 Å². The van der Waals surface area contributed by atoms with Gasteiger partial charge in [0.25, 0.3) is 5.91 Å². The molecule has 1 aromatic carbocycles. The number of imide groups is 1. The van der Waals surface area contributed by atoms with Crippen molar-refractivity contribution in [2.45, 2.75) is 25.8 Å². The molecule has 130 valence electrons. The molecule has 1 aromatic heterocycles. The SMILES string of the molecule is Cc1ccc(-c2ccsc2C(=O)OCC(=O)NC(=O)NC2CC2)cc1. The fourth-order valence-electron chi connectivity index (χ4n) is 2.24. The number of nitrogens with one attached hydrogen (secondary N) is 2. The molecular weight excluding hydrogens is 340 g/mol. The molecule has 0 spiro atoms. The van der Waals surface area contributed by atoms with Crippen LogP contribution in [0, 0.1) is 6.92 Å². The first kappa shape index (κ1) is 17.2. The molecule has 3 amide bonds. The summed E-state index contributed by atoms with van der Waals surface area (Å²) in [4.78, 5) is 35.8. The van der Waals surface area contributed by atoms with Gasteiger partial charge in [0.2, 0.25) is 0 Å². The van der Waals surface area contributed by atoms with Crippen LogP contribution in [0.3, 0.4) is 0 Å². The average molecular weight is 358 g/mol. The molecule has 6 nitrogen and oxygen atoms in total. The molecule has 0 bridgehead atoms. The summed E-state index contributed by atoms with van der Waals surface area (Å²) in [5.41, 5.74) is 2.80. The Hall–Kier alpha value is -2.67. The third kappa shape index (κ3) is 4.67. The Bertz CT molecular complexity index is 794. The van der Waals surface area contributed by atoms with Crippen LogP contribution in [0.2, 0.25) is 0 Å². The van der Waals surface area contributed by atoms with Gasteiger partial charge in [0, 0.05) is 11.6 Å². The number of hydrogen-bond acceptors (Lipinski definition) is 5. The molecule has 1 saturated carbocycles. The van der Waals surface area contributed by atoms with Gasteiger partial charge in [-0.25, -0.2) is 9.59 Å². The van der Waals surface area contributed by atoms with E-state index in [0.29, 0.717) is 4.88 Å². The van der Waals surface area contributed by atoms with E-state index in [1.54, 1.807) is 5.38 Å². The normalized spacial score (nSPS) is 13.2. The first-order chi connectivity index (χ1) is 12.0. The summed E-state index contributed by atoms with van der Waals surface area (Å²) in [6.45, 7) is 1.49. The van der Waals surface area contributed by atoms with Crippen molar-refractivity contribution in [2.24, 2.45) is 0 Å². The lowest BCUT2D eigenvalue weighted by Crippen LogP contribution is -2.42. The van der Waals surface area contributed by atoms with Crippen molar-refractivity contribution in [1.82, 2.24) is 10.6 Å². The fraction of sp³-hybridized carbons (Fsp3) is 0.278. The van der Waals surface area contributed by atoms with Crippen molar-refractivity contribution in [3.05, 3.63) is 46.2 Å². The van der Waals surface area contributed by atoms with Gasteiger partial charge in [-0.15, -0.1) is 11.3 Å². The van der Waals surface area contributed by atoms with Gasteiger partial charge < -0.3 is 10.1 Å². The Labute approximate surface area is 149 Å². The number of ether oxygens (including phenoxy) is 1. The zero-order valence-corrected chi connectivity index (χ0v) is 14.5. The molecule has 7 heteroatoms. The van der Waals surface area contributed by atoms with Gasteiger partial charge in [0.05, 0.1) is 0 Å². The molecule has 1 fully saturated rings.